The van der Waals surface area contributed by atoms with Crippen molar-refractivity contribution in [2.45, 2.75) is 37.4 Å². The highest BCUT2D eigenvalue weighted by molar-refractivity contribution is 6.32. The van der Waals surface area contributed by atoms with Crippen LogP contribution in [-0.2, 0) is 14.3 Å². The smallest absolute Gasteiger partial charge is 0.350 e. The van der Waals surface area contributed by atoms with E-state index in [4.69, 9.17) is 9.47 Å². The van der Waals surface area contributed by atoms with Crippen LogP contribution >= 0.6 is 0 Å². The zero-order valence-electron chi connectivity index (χ0n) is 20.2. The van der Waals surface area contributed by atoms with E-state index in [9.17, 15) is 19.5 Å². The first-order chi connectivity index (χ1) is 16.8. The van der Waals surface area contributed by atoms with Crippen LogP contribution in [0.2, 0.25) is 0 Å². The number of Topliss-reactive ketones (excluding diaryl/α,β-unsaturated/α-hetero) is 2. The number of dihydropyridines is 1. The van der Waals surface area contributed by atoms with Gasteiger partial charge in [0.05, 0.1) is 20.4 Å². The van der Waals surface area contributed by atoms with Gasteiger partial charge in [-0.25, -0.2) is 4.79 Å². The molecular weight excluding hydrogens is 450 g/mol. The molecule has 9 nitrogen and oxygen atoms in total. The number of hydrogen-bond acceptors (Lipinski definition) is 9. The van der Waals surface area contributed by atoms with Crippen molar-refractivity contribution in [1.82, 2.24) is 16.0 Å². The van der Waals surface area contributed by atoms with Crippen LogP contribution in [0.3, 0.4) is 0 Å². The molecule has 2 aliphatic heterocycles. The summed E-state index contributed by atoms with van der Waals surface area (Å²) in [6, 6.07) is 6.38. The van der Waals surface area contributed by atoms with E-state index in [1.165, 1.54) is 6.07 Å². The Hall–Kier alpha value is -3.27. The number of aliphatic hydroxyl groups excluding tert-OH is 1. The van der Waals surface area contributed by atoms with Crippen molar-refractivity contribution in [2.24, 2.45) is 0 Å². The number of fused-ring (bicyclic) bond motifs is 2. The van der Waals surface area contributed by atoms with Crippen molar-refractivity contribution in [3.63, 3.8) is 0 Å². The van der Waals surface area contributed by atoms with Crippen LogP contribution in [0.25, 0.3) is 0 Å². The minimum absolute atomic E-state index is 0.0608. The van der Waals surface area contributed by atoms with E-state index in [0.29, 0.717) is 25.2 Å². The molecule has 3 aliphatic rings. The Kier molecular flexibility index (Phi) is 6.93. The molecule has 2 heterocycles. The van der Waals surface area contributed by atoms with Crippen LogP contribution in [0.5, 0.6) is 0 Å². The highest BCUT2D eigenvalue weighted by atomic mass is 16.7. The zero-order chi connectivity index (χ0) is 25.2. The van der Waals surface area contributed by atoms with Gasteiger partial charge in [-0.1, -0.05) is 35.9 Å². The number of hydrogen-bond donors (Lipinski definition) is 4. The van der Waals surface area contributed by atoms with Crippen LogP contribution < -0.4 is 16.0 Å². The third kappa shape index (κ3) is 4.09. The van der Waals surface area contributed by atoms with Gasteiger partial charge in [0.2, 0.25) is 5.78 Å². The number of rotatable bonds is 10. The lowest BCUT2D eigenvalue weighted by molar-refractivity contribution is -0.145. The summed E-state index contributed by atoms with van der Waals surface area (Å²) >= 11 is 0. The predicted octanol–water partition coefficient (Wildman–Crippen LogP) is 1.36. The van der Waals surface area contributed by atoms with Crippen LogP contribution in [0.1, 0.15) is 46.9 Å². The number of nitrogens with one attached hydrogen (secondary N) is 3. The fourth-order valence-electron chi connectivity index (χ4n) is 4.85. The summed E-state index contributed by atoms with van der Waals surface area (Å²) in [7, 11) is 3.02. The molecule has 2 unspecified atom stereocenters. The van der Waals surface area contributed by atoms with E-state index in [-0.39, 0.29) is 24.2 Å². The molecule has 1 saturated heterocycles. The van der Waals surface area contributed by atoms with Crippen molar-refractivity contribution in [3.8, 4) is 0 Å². The average molecular weight is 482 g/mol. The quantitative estimate of drug-likeness (QED) is 0.129. The van der Waals surface area contributed by atoms with E-state index in [0.717, 1.165) is 30.5 Å². The summed E-state index contributed by atoms with van der Waals surface area (Å²) in [5, 5.41) is 19.7. The van der Waals surface area contributed by atoms with Crippen molar-refractivity contribution in [2.75, 3.05) is 34.0 Å². The molecule has 1 aliphatic carbocycles. The van der Waals surface area contributed by atoms with Crippen LogP contribution in [0.15, 0.2) is 59.0 Å². The Bertz CT molecular complexity index is 1150. The Balaban J connectivity index is 1.58. The zero-order valence-corrected chi connectivity index (χ0v) is 20.2. The maximum Gasteiger partial charge on any atom is 0.350 e. The van der Waals surface area contributed by atoms with Gasteiger partial charge in [0, 0.05) is 24.1 Å². The number of aliphatic hydroxyl groups is 1. The number of allylic oxidation sites excluding steroid dienone is 3. The molecule has 0 bridgehead atoms. The standard InChI is InChI=1S/C26H31N3O6/c1-16(8-9-17-10-11-28-21(12-17)29-15-27-2)18(14-30)13-25-22(31)19-6-4-5-7-20(19)23(32)26(25,35-25)24(33)34-3/h4-7,10,12,27-30H,8-9,11,13-15H2,1-3H3. The van der Waals surface area contributed by atoms with Crippen molar-refractivity contribution in [3.05, 3.63) is 70.1 Å². The van der Waals surface area contributed by atoms with Crippen LogP contribution in [0.4, 0.5) is 0 Å². The van der Waals surface area contributed by atoms with Crippen molar-refractivity contribution >= 4 is 17.5 Å². The monoisotopic (exact) mass is 481 g/mol. The third-order valence-corrected chi connectivity index (χ3v) is 6.92. The average Bonchev–Trinajstić information content (AvgIpc) is 3.59. The van der Waals surface area contributed by atoms with Gasteiger partial charge in [0.25, 0.3) is 5.60 Å². The first kappa shape index (κ1) is 24.8. The van der Waals surface area contributed by atoms with E-state index >= 15 is 0 Å². The number of esters is 1. The summed E-state index contributed by atoms with van der Waals surface area (Å²) in [5.41, 5.74) is -0.756. The van der Waals surface area contributed by atoms with Crippen molar-refractivity contribution < 1.29 is 29.0 Å². The first-order valence-corrected chi connectivity index (χ1v) is 11.6. The molecule has 4 N–H and O–H groups in total. The van der Waals surface area contributed by atoms with Gasteiger partial charge in [0.15, 0.2) is 11.4 Å². The predicted molar refractivity (Wildman–Crippen MR) is 129 cm³/mol. The topological polar surface area (TPSA) is 129 Å². The lowest BCUT2D eigenvalue weighted by Crippen LogP contribution is -2.50. The minimum Gasteiger partial charge on any atom is -0.466 e. The molecule has 1 fully saturated rings. The molecule has 0 radical (unpaired) electrons. The van der Waals surface area contributed by atoms with Gasteiger partial charge in [-0.15, -0.1) is 0 Å². The Labute approximate surface area is 204 Å². The Morgan fingerprint density at radius 1 is 1.23 bits per heavy atom. The summed E-state index contributed by atoms with van der Waals surface area (Å²) in [6.45, 7) is 2.92. The molecule has 0 spiro atoms. The lowest BCUT2D eigenvalue weighted by atomic mass is 9.71. The second-order valence-electron chi connectivity index (χ2n) is 8.95. The lowest BCUT2D eigenvalue weighted by Gasteiger charge is -2.24. The van der Waals surface area contributed by atoms with E-state index in [2.05, 4.69) is 22.0 Å². The van der Waals surface area contributed by atoms with Gasteiger partial charge in [-0.3, -0.25) is 9.59 Å². The fraction of sp³-hybridized carbons (Fsp3) is 0.423. The maximum absolute atomic E-state index is 13.5. The maximum atomic E-state index is 13.5. The first-order valence-electron chi connectivity index (χ1n) is 11.6. The normalized spacial score (nSPS) is 25.4. The molecule has 1 aromatic carbocycles. The SMILES string of the molecule is CNCNC1=CC(CCC(C)=C(CO)CC23OC2(C(=O)OC)C(=O)c2ccccc2C3=O)=CCN1. The summed E-state index contributed by atoms with van der Waals surface area (Å²) < 4.78 is 10.7. The number of carbonyl (C=O) groups is 3. The molecule has 186 valence electrons. The van der Waals surface area contributed by atoms with E-state index < -0.39 is 28.7 Å². The molecule has 0 aromatic heterocycles. The number of ether oxygens (including phenoxy) is 2. The van der Waals surface area contributed by atoms with E-state index in [1.54, 1.807) is 18.2 Å². The second kappa shape index (κ2) is 9.77. The van der Waals surface area contributed by atoms with E-state index in [1.807, 2.05) is 20.0 Å². The molecule has 1 aromatic rings. The molecule has 9 heteroatoms. The number of methoxy groups -OCH3 is 1. The van der Waals surface area contributed by atoms with Crippen LogP contribution in [0, 0.1) is 0 Å². The van der Waals surface area contributed by atoms with Gasteiger partial charge in [-0.2, -0.15) is 0 Å². The third-order valence-electron chi connectivity index (χ3n) is 6.92. The number of epoxide rings is 1. The number of carbonyl (C=O) groups excluding carboxylic acids is 3. The van der Waals surface area contributed by atoms with Gasteiger partial charge < -0.3 is 30.5 Å². The van der Waals surface area contributed by atoms with Gasteiger partial charge >= 0.3 is 5.97 Å². The summed E-state index contributed by atoms with van der Waals surface area (Å²) in [4.78, 5) is 39.6. The molecule has 2 atom stereocenters. The van der Waals surface area contributed by atoms with Gasteiger partial charge in [-0.05, 0) is 44.0 Å². The summed E-state index contributed by atoms with van der Waals surface area (Å²) in [5.74, 6) is -0.993. The highest BCUT2D eigenvalue weighted by Crippen LogP contribution is 2.59. The number of benzene rings is 1. The highest BCUT2D eigenvalue weighted by Gasteiger charge is 2.85. The molecule has 0 saturated carbocycles. The second-order valence-corrected chi connectivity index (χ2v) is 8.95. The fourth-order valence-corrected chi connectivity index (χ4v) is 4.85. The molecular formula is C26H31N3O6. The Morgan fingerprint density at radius 3 is 2.60 bits per heavy atom. The van der Waals surface area contributed by atoms with Gasteiger partial charge in [0.1, 0.15) is 5.82 Å². The molecule has 35 heavy (non-hydrogen) atoms. The van der Waals surface area contributed by atoms with Crippen LogP contribution in [-0.4, -0.2) is 67.8 Å². The summed E-state index contributed by atoms with van der Waals surface area (Å²) in [6.07, 6.45) is 5.44. The number of ketones is 2. The van der Waals surface area contributed by atoms with Crippen molar-refractivity contribution in [1.29, 1.82) is 0 Å². The molecule has 0 amide bonds. The molecule has 4 rings (SSSR count). The minimum atomic E-state index is -2.01. The largest absolute Gasteiger partial charge is 0.466 e. The Morgan fingerprint density at radius 2 is 1.94 bits per heavy atom.